The normalized spacial score (nSPS) is 12.2. The molecule has 0 aromatic heterocycles. The van der Waals surface area contributed by atoms with E-state index >= 15 is 0 Å². The highest BCUT2D eigenvalue weighted by Crippen LogP contribution is 2.30. The van der Waals surface area contributed by atoms with Crippen molar-refractivity contribution in [1.82, 2.24) is 5.32 Å². The van der Waals surface area contributed by atoms with Crippen molar-refractivity contribution in [2.24, 2.45) is 0 Å². The van der Waals surface area contributed by atoms with Crippen LogP contribution < -0.4 is 14.8 Å². The van der Waals surface area contributed by atoms with Crippen molar-refractivity contribution < 1.29 is 9.47 Å². The summed E-state index contributed by atoms with van der Waals surface area (Å²) in [5, 5.41) is 3.26. The molecule has 4 heteroatoms. The number of benzene rings is 1. The molecule has 0 aliphatic rings. The molecule has 0 spiro atoms. The summed E-state index contributed by atoms with van der Waals surface area (Å²) < 4.78 is 10.5. The molecule has 1 aromatic rings. The molecular weight excluding hydrogens is 222 g/mol. The van der Waals surface area contributed by atoms with Gasteiger partial charge in [0.25, 0.3) is 0 Å². The summed E-state index contributed by atoms with van der Waals surface area (Å²) in [6, 6.07) is 6.28. The largest absolute Gasteiger partial charge is 0.493 e. The van der Waals surface area contributed by atoms with Crippen LogP contribution in [0.1, 0.15) is 18.0 Å². The third kappa shape index (κ3) is 3.06. The van der Waals surface area contributed by atoms with Crippen molar-refractivity contribution in [2.45, 2.75) is 12.5 Å². The Labute approximate surface area is 103 Å². The number of hydrogen-bond acceptors (Lipinski definition) is 4. The van der Waals surface area contributed by atoms with Gasteiger partial charge >= 0.3 is 0 Å². The molecular formula is C12H19NO2S. The van der Waals surface area contributed by atoms with E-state index in [4.69, 9.17) is 9.47 Å². The number of thiol groups is 1. The number of ether oxygens (including phenoxy) is 2. The minimum Gasteiger partial charge on any atom is -0.493 e. The van der Waals surface area contributed by atoms with Crippen LogP contribution in [-0.4, -0.2) is 27.0 Å². The maximum absolute atomic E-state index is 5.28. The SMILES string of the molecule is CNC(CCS)c1ccc(OC)c(OC)c1. The molecule has 0 radical (unpaired) electrons. The molecule has 0 aliphatic heterocycles. The lowest BCUT2D eigenvalue weighted by Crippen LogP contribution is -2.16. The van der Waals surface area contributed by atoms with E-state index in [9.17, 15) is 0 Å². The summed E-state index contributed by atoms with van der Waals surface area (Å²) in [6.45, 7) is 0. The van der Waals surface area contributed by atoms with E-state index in [1.54, 1.807) is 14.2 Å². The van der Waals surface area contributed by atoms with Crippen LogP contribution in [0.15, 0.2) is 18.2 Å². The standard InChI is InChI=1S/C12H19NO2S/c1-13-10(6-7-16)9-4-5-11(14-2)12(8-9)15-3/h4-5,8,10,13,16H,6-7H2,1-3H3. The average Bonchev–Trinajstić information content (AvgIpc) is 2.35. The van der Waals surface area contributed by atoms with Crippen molar-refractivity contribution in [3.05, 3.63) is 23.8 Å². The Bertz CT molecular complexity index is 331. The highest BCUT2D eigenvalue weighted by Gasteiger charge is 2.11. The third-order valence-electron chi connectivity index (χ3n) is 2.58. The Morgan fingerprint density at radius 3 is 2.44 bits per heavy atom. The molecule has 0 saturated carbocycles. The first-order chi connectivity index (χ1) is 7.76. The zero-order valence-electron chi connectivity index (χ0n) is 9.99. The molecule has 1 atom stereocenters. The van der Waals surface area contributed by atoms with E-state index in [0.717, 1.165) is 23.7 Å². The van der Waals surface area contributed by atoms with E-state index < -0.39 is 0 Å². The first-order valence-electron chi connectivity index (χ1n) is 5.26. The summed E-state index contributed by atoms with van der Waals surface area (Å²) in [5.41, 5.74) is 1.19. The summed E-state index contributed by atoms with van der Waals surface area (Å²) in [4.78, 5) is 0. The van der Waals surface area contributed by atoms with Gasteiger partial charge in [-0.25, -0.2) is 0 Å². The smallest absolute Gasteiger partial charge is 0.161 e. The molecule has 1 unspecified atom stereocenters. The average molecular weight is 241 g/mol. The Balaban J connectivity index is 2.96. The Morgan fingerprint density at radius 2 is 1.94 bits per heavy atom. The Hall–Kier alpha value is -0.870. The van der Waals surface area contributed by atoms with Crippen molar-refractivity contribution in [3.63, 3.8) is 0 Å². The molecule has 1 rings (SSSR count). The predicted octanol–water partition coefficient (Wildman–Crippen LogP) is 2.28. The Kier molecular flexibility index (Phi) is 5.49. The van der Waals surface area contributed by atoms with Gasteiger partial charge in [0.05, 0.1) is 14.2 Å². The van der Waals surface area contributed by atoms with E-state index in [1.165, 1.54) is 5.56 Å². The summed E-state index contributed by atoms with van der Waals surface area (Å²) in [6.07, 6.45) is 0.981. The lowest BCUT2D eigenvalue weighted by molar-refractivity contribution is 0.354. The van der Waals surface area contributed by atoms with Gasteiger partial charge in [0.2, 0.25) is 0 Å². The van der Waals surface area contributed by atoms with Gasteiger partial charge in [-0.2, -0.15) is 12.6 Å². The number of methoxy groups -OCH3 is 2. The fourth-order valence-corrected chi connectivity index (χ4v) is 1.93. The zero-order chi connectivity index (χ0) is 12.0. The van der Waals surface area contributed by atoms with E-state index in [1.807, 2.05) is 25.2 Å². The second kappa shape index (κ2) is 6.66. The fourth-order valence-electron chi connectivity index (χ4n) is 1.68. The Morgan fingerprint density at radius 1 is 1.25 bits per heavy atom. The second-order valence-corrected chi connectivity index (χ2v) is 3.92. The van der Waals surface area contributed by atoms with E-state index in [0.29, 0.717) is 6.04 Å². The van der Waals surface area contributed by atoms with Crippen LogP contribution in [0.25, 0.3) is 0 Å². The lowest BCUT2D eigenvalue weighted by atomic mass is 10.0. The molecule has 0 bridgehead atoms. The van der Waals surface area contributed by atoms with Gasteiger partial charge in [0.15, 0.2) is 11.5 Å². The topological polar surface area (TPSA) is 30.5 Å². The van der Waals surface area contributed by atoms with Gasteiger partial charge in [-0.3, -0.25) is 0 Å². The monoisotopic (exact) mass is 241 g/mol. The number of nitrogens with one attached hydrogen (secondary N) is 1. The maximum atomic E-state index is 5.28. The number of hydrogen-bond donors (Lipinski definition) is 2. The molecule has 3 nitrogen and oxygen atoms in total. The van der Waals surface area contributed by atoms with E-state index in [-0.39, 0.29) is 0 Å². The van der Waals surface area contributed by atoms with Gasteiger partial charge < -0.3 is 14.8 Å². The molecule has 0 saturated heterocycles. The van der Waals surface area contributed by atoms with Crippen LogP contribution in [0.5, 0.6) is 11.5 Å². The van der Waals surface area contributed by atoms with Crippen LogP contribution in [-0.2, 0) is 0 Å². The van der Waals surface area contributed by atoms with Crippen molar-refractivity contribution in [2.75, 3.05) is 27.0 Å². The summed E-state index contributed by atoms with van der Waals surface area (Å²) in [5.74, 6) is 2.37. The molecule has 0 amide bonds. The van der Waals surface area contributed by atoms with E-state index in [2.05, 4.69) is 17.9 Å². The van der Waals surface area contributed by atoms with Gasteiger partial charge in [-0.1, -0.05) is 6.07 Å². The highest BCUT2D eigenvalue weighted by atomic mass is 32.1. The van der Waals surface area contributed by atoms with Crippen LogP contribution in [0.2, 0.25) is 0 Å². The van der Waals surface area contributed by atoms with Crippen LogP contribution >= 0.6 is 12.6 Å². The fraction of sp³-hybridized carbons (Fsp3) is 0.500. The summed E-state index contributed by atoms with van der Waals surface area (Å²) >= 11 is 4.26. The number of rotatable bonds is 6. The van der Waals surface area contributed by atoms with Gasteiger partial charge in [0, 0.05) is 6.04 Å². The van der Waals surface area contributed by atoms with Gasteiger partial charge in [0.1, 0.15) is 0 Å². The second-order valence-electron chi connectivity index (χ2n) is 3.47. The quantitative estimate of drug-likeness (QED) is 0.749. The molecule has 90 valence electrons. The molecule has 16 heavy (non-hydrogen) atoms. The predicted molar refractivity (Wildman–Crippen MR) is 69.8 cm³/mol. The minimum absolute atomic E-state index is 0.303. The molecule has 0 aliphatic carbocycles. The van der Waals surface area contributed by atoms with Crippen LogP contribution in [0.3, 0.4) is 0 Å². The maximum Gasteiger partial charge on any atom is 0.161 e. The van der Waals surface area contributed by atoms with Crippen molar-refractivity contribution in [3.8, 4) is 11.5 Å². The van der Waals surface area contributed by atoms with Crippen molar-refractivity contribution >= 4 is 12.6 Å². The zero-order valence-corrected chi connectivity index (χ0v) is 10.9. The molecule has 1 aromatic carbocycles. The highest BCUT2D eigenvalue weighted by molar-refractivity contribution is 7.80. The summed E-state index contributed by atoms with van der Waals surface area (Å²) in [7, 11) is 5.24. The van der Waals surface area contributed by atoms with Crippen LogP contribution in [0.4, 0.5) is 0 Å². The molecule has 1 N–H and O–H groups in total. The van der Waals surface area contributed by atoms with Gasteiger partial charge in [-0.15, -0.1) is 0 Å². The first-order valence-corrected chi connectivity index (χ1v) is 5.90. The lowest BCUT2D eigenvalue weighted by Gasteiger charge is -2.17. The minimum atomic E-state index is 0.303. The molecule has 0 fully saturated rings. The van der Waals surface area contributed by atoms with Crippen LogP contribution in [0, 0.1) is 0 Å². The molecule has 0 heterocycles. The van der Waals surface area contributed by atoms with Crippen molar-refractivity contribution in [1.29, 1.82) is 0 Å². The first kappa shape index (κ1) is 13.2. The van der Waals surface area contributed by atoms with Gasteiger partial charge in [-0.05, 0) is 36.9 Å². The third-order valence-corrected chi connectivity index (χ3v) is 2.83.